The molecule has 0 saturated carbocycles. The van der Waals surface area contributed by atoms with Crippen molar-refractivity contribution < 1.29 is 9.72 Å². The summed E-state index contributed by atoms with van der Waals surface area (Å²) in [6.07, 6.45) is 2.37. The minimum atomic E-state index is -0.527. The number of aryl methyl sites for hydroxylation is 1. The third-order valence-corrected chi connectivity index (χ3v) is 3.29. The van der Waals surface area contributed by atoms with E-state index in [1.54, 1.807) is 19.1 Å². The molecule has 0 fully saturated rings. The fraction of sp³-hybridized carbons (Fsp3) is 0.200. The SMILES string of the molecule is C=CCc1c(C)nn(C(=O)c2cccc([N+](=O)[O-])c2)c1C. The predicted molar refractivity (Wildman–Crippen MR) is 78.4 cm³/mol. The Balaban J connectivity index is 2.45. The van der Waals surface area contributed by atoms with Crippen LogP contribution in [0, 0.1) is 24.0 Å². The van der Waals surface area contributed by atoms with Gasteiger partial charge in [0.1, 0.15) is 0 Å². The lowest BCUT2D eigenvalue weighted by Gasteiger charge is -2.04. The van der Waals surface area contributed by atoms with Crippen LogP contribution in [0.3, 0.4) is 0 Å². The molecular weight excluding hydrogens is 270 g/mol. The minimum absolute atomic E-state index is 0.117. The van der Waals surface area contributed by atoms with Gasteiger partial charge in [0.05, 0.1) is 10.6 Å². The molecule has 0 N–H and O–H groups in total. The van der Waals surface area contributed by atoms with Gasteiger partial charge in [-0.1, -0.05) is 12.1 Å². The first kappa shape index (κ1) is 14.6. The van der Waals surface area contributed by atoms with Crippen molar-refractivity contribution in [3.8, 4) is 0 Å². The van der Waals surface area contributed by atoms with Crippen LogP contribution in [0.25, 0.3) is 0 Å². The number of carbonyl (C=O) groups excluding carboxylic acids is 1. The normalized spacial score (nSPS) is 10.4. The Hall–Kier alpha value is -2.76. The van der Waals surface area contributed by atoms with Crippen LogP contribution in [0.1, 0.15) is 27.3 Å². The Morgan fingerprint density at radius 1 is 1.48 bits per heavy atom. The van der Waals surface area contributed by atoms with Gasteiger partial charge >= 0.3 is 0 Å². The van der Waals surface area contributed by atoms with Crippen molar-refractivity contribution in [2.45, 2.75) is 20.3 Å². The molecule has 108 valence electrons. The Bertz CT molecular complexity index is 732. The molecule has 1 aromatic carbocycles. The summed E-state index contributed by atoms with van der Waals surface area (Å²) >= 11 is 0. The highest BCUT2D eigenvalue weighted by Crippen LogP contribution is 2.18. The van der Waals surface area contributed by atoms with E-state index in [-0.39, 0.29) is 17.2 Å². The lowest BCUT2D eigenvalue weighted by Crippen LogP contribution is -2.15. The van der Waals surface area contributed by atoms with Crippen molar-refractivity contribution in [3.05, 3.63) is 69.5 Å². The maximum Gasteiger partial charge on any atom is 0.278 e. The van der Waals surface area contributed by atoms with Crippen LogP contribution >= 0.6 is 0 Å². The molecule has 0 amide bonds. The van der Waals surface area contributed by atoms with E-state index >= 15 is 0 Å². The fourth-order valence-electron chi connectivity index (χ4n) is 2.19. The smallest absolute Gasteiger partial charge is 0.267 e. The molecule has 0 atom stereocenters. The van der Waals surface area contributed by atoms with Crippen molar-refractivity contribution in [3.63, 3.8) is 0 Å². The number of non-ortho nitro benzene ring substituents is 1. The number of aromatic nitrogens is 2. The van der Waals surface area contributed by atoms with Crippen molar-refractivity contribution >= 4 is 11.6 Å². The van der Waals surface area contributed by atoms with Gasteiger partial charge in [0.2, 0.25) is 0 Å². The van der Waals surface area contributed by atoms with Crippen LogP contribution in [0.4, 0.5) is 5.69 Å². The fourth-order valence-corrected chi connectivity index (χ4v) is 2.19. The van der Waals surface area contributed by atoms with E-state index in [0.717, 1.165) is 17.0 Å². The molecule has 0 aliphatic heterocycles. The molecule has 1 aromatic heterocycles. The van der Waals surface area contributed by atoms with Crippen LogP contribution < -0.4 is 0 Å². The van der Waals surface area contributed by atoms with E-state index in [1.165, 1.54) is 22.9 Å². The standard InChI is InChI=1S/C15H15N3O3/c1-4-6-14-10(2)16-17(11(14)3)15(19)12-7-5-8-13(9-12)18(20)21/h4-5,7-9H,1,6H2,2-3H3. The van der Waals surface area contributed by atoms with Gasteiger partial charge in [-0.25, -0.2) is 4.68 Å². The lowest BCUT2D eigenvalue weighted by molar-refractivity contribution is -0.384. The van der Waals surface area contributed by atoms with E-state index in [0.29, 0.717) is 6.42 Å². The maximum absolute atomic E-state index is 12.5. The second kappa shape index (κ2) is 5.70. The molecule has 6 nitrogen and oxygen atoms in total. The number of hydrogen-bond acceptors (Lipinski definition) is 4. The molecule has 0 aliphatic carbocycles. The van der Waals surface area contributed by atoms with Gasteiger partial charge in [-0.3, -0.25) is 14.9 Å². The monoisotopic (exact) mass is 285 g/mol. The lowest BCUT2D eigenvalue weighted by atomic mass is 10.1. The zero-order valence-electron chi connectivity index (χ0n) is 11.9. The van der Waals surface area contributed by atoms with Gasteiger partial charge in [0.25, 0.3) is 11.6 Å². The Morgan fingerprint density at radius 2 is 2.19 bits per heavy atom. The van der Waals surface area contributed by atoms with Crippen molar-refractivity contribution in [1.82, 2.24) is 9.78 Å². The molecule has 1 heterocycles. The maximum atomic E-state index is 12.5. The van der Waals surface area contributed by atoms with E-state index in [2.05, 4.69) is 11.7 Å². The Morgan fingerprint density at radius 3 is 2.81 bits per heavy atom. The number of benzene rings is 1. The third-order valence-electron chi connectivity index (χ3n) is 3.29. The number of allylic oxidation sites excluding steroid dienone is 1. The van der Waals surface area contributed by atoms with Gasteiger partial charge in [-0.2, -0.15) is 5.10 Å². The van der Waals surface area contributed by atoms with E-state index in [9.17, 15) is 14.9 Å². The molecule has 21 heavy (non-hydrogen) atoms. The number of nitro benzene ring substituents is 1. The average molecular weight is 285 g/mol. The largest absolute Gasteiger partial charge is 0.278 e. The van der Waals surface area contributed by atoms with Gasteiger partial charge in [-0.05, 0) is 26.3 Å². The van der Waals surface area contributed by atoms with Crippen molar-refractivity contribution in [1.29, 1.82) is 0 Å². The molecule has 0 saturated heterocycles. The van der Waals surface area contributed by atoms with Gasteiger partial charge in [0, 0.05) is 29.0 Å². The minimum Gasteiger partial charge on any atom is -0.267 e. The molecule has 2 rings (SSSR count). The van der Waals surface area contributed by atoms with E-state index in [1.807, 2.05) is 6.92 Å². The highest BCUT2D eigenvalue weighted by molar-refractivity contribution is 5.96. The molecular formula is C15H15N3O3. The Kier molecular flexibility index (Phi) is 3.98. The summed E-state index contributed by atoms with van der Waals surface area (Å²) in [5, 5.41) is 15.0. The molecule has 0 spiro atoms. The van der Waals surface area contributed by atoms with E-state index < -0.39 is 4.92 Å². The van der Waals surface area contributed by atoms with Gasteiger partial charge in [0.15, 0.2) is 0 Å². The second-order valence-corrected chi connectivity index (χ2v) is 4.67. The van der Waals surface area contributed by atoms with Gasteiger partial charge < -0.3 is 0 Å². The summed E-state index contributed by atoms with van der Waals surface area (Å²) in [7, 11) is 0. The average Bonchev–Trinajstić information content (AvgIpc) is 2.75. The Labute approximate surface area is 121 Å². The molecule has 0 unspecified atom stereocenters. The summed E-state index contributed by atoms with van der Waals surface area (Å²) in [6.45, 7) is 7.31. The third kappa shape index (κ3) is 2.74. The second-order valence-electron chi connectivity index (χ2n) is 4.67. The summed E-state index contributed by atoms with van der Waals surface area (Å²) in [4.78, 5) is 22.7. The highest BCUT2D eigenvalue weighted by Gasteiger charge is 2.18. The van der Waals surface area contributed by atoms with Crippen LogP contribution in [0.2, 0.25) is 0 Å². The molecule has 6 heteroatoms. The summed E-state index contributed by atoms with van der Waals surface area (Å²) in [5.41, 5.74) is 2.55. The number of nitrogens with zero attached hydrogens (tertiary/aromatic N) is 3. The zero-order chi connectivity index (χ0) is 15.6. The first-order valence-electron chi connectivity index (χ1n) is 6.41. The quantitative estimate of drug-likeness (QED) is 0.491. The predicted octanol–water partition coefficient (Wildman–Crippen LogP) is 2.83. The van der Waals surface area contributed by atoms with Crippen LogP contribution in [0.5, 0.6) is 0 Å². The first-order valence-corrected chi connectivity index (χ1v) is 6.41. The molecule has 0 bridgehead atoms. The summed E-state index contributed by atoms with van der Waals surface area (Å²) in [5.74, 6) is -0.380. The first-order chi connectivity index (χ1) is 9.95. The van der Waals surface area contributed by atoms with Crippen LogP contribution in [0.15, 0.2) is 36.9 Å². The number of nitro groups is 1. The van der Waals surface area contributed by atoms with Crippen molar-refractivity contribution in [2.24, 2.45) is 0 Å². The van der Waals surface area contributed by atoms with E-state index in [4.69, 9.17) is 0 Å². The number of rotatable bonds is 4. The van der Waals surface area contributed by atoms with Crippen LogP contribution in [-0.2, 0) is 6.42 Å². The van der Waals surface area contributed by atoms with Gasteiger partial charge in [-0.15, -0.1) is 6.58 Å². The zero-order valence-corrected chi connectivity index (χ0v) is 11.9. The number of carbonyl (C=O) groups is 1. The molecule has 0 radical (unpaired) electrons. The highest BCUT2D eigenvalue weighted by atomic mass is 16.6. The number of hydrogen-bond donors (Lipinski definition) is 0. The van der Waals surface area contributed by atoms with Crippen molar-refractivity contribution in [2.75, 3.05) is 0 Å². The summed E-state index contributed by atoms with van der Waals surface area (Å²) < 4.78 is 1.28. The van der Waals surface area contributed by atoms with Crippen LogP contribution in [-0.4, -0.2) is 20.6 Å². The summed E-state index contributed by atoms with van der Waals surface area (Å²) in [6, 6.07) is 5.63. The topological polar surface area (TPSA) is 78.0 Å². The molecule has 0 aliphatic rings. The molecule has 2 aromatic rings.